The number of unbranched alkanes of at least 4 members (excludes halogenated alkanes) is 1. The highest BCUT2D eigenvalue weighted by molar-refractivity contribution is 5.89. The predicted molar refractivity (Wildman–Crippen MR) is 104 cm³/mol. The quantitative estimate of drug-likeness (QED) is 0.541. The Kier molecular flexibility index (Phi) is 4.55. The first-order chi connectivity index (χ1) is 13.7. The van der Waals surface area contributed by atoms with E-state index in [9.17, 15) is 4.79 Å². The fourth-order valence-electron chi connectivity index (χ4n) is 4.11. The maximum Gasteiger partial charge on any atom is 0.356 e. The average molecular weight is 382 g/mol. The van der Waals surface area contributed by atoms with Gasteiger partial charge in [0.2, 0.25) is 0 Å². The highest BCUT2D eigenvalue weighted by Crippen LogP contribution is 2.40. The van der Waals surface area contributed by atoms with E-state index in [2.05, 4.69) is 28.0 Å². The van der Waals surface area contributed by atoms with Crippen LogP contribution >= 0.6 is 0 Å². The summed E-state index contributed by atoms with van der Waals surface area (Å²) in [6.07, 6.45) is 11.4. The van der Waals surface area contributed by atoms with Gasteiger partial charge in [-0.3, -0.25) is 0 Å². The van der Waals surface area contributed by atoms with Crippen molar-refractivity contribution in [3.63, 3.8) is 0 Å². The maximum absolute atomic E-state index is 12.4. The molecule has 1 aliphatic carbocycles. The van der Waals surface area contributed by atoms with Crippen molar-refractivity contribution < 1.29 is 14.3 Å². The highest BCUT2D eigenvalue weighted by atomic mass is 16.5. The number of nitrogens with zero attached hydrogens (tertiary/aromatic N) is 4. The molecule has 2 aromatic heterocycles. The van der Waals surface area contributed by atoms with Gasteiger partial charge in [0.05, 0.1) is 55.0 Å². The number of pyridine rings is 1. The summed E-state index contributed by atoms with van der Waals surface area (Å²) in [7, 11) is 0. The van der Waals surface area contributed by atoms with E-state index in [0.29, 0.717) is 30.4 Å². The molecule has 2 atom stereocenters. The lowest BCUT2D eigenvalue weighted by molar-refractivity contribution is 0.0492. The number of carbonyl (C=O) groups excluding carboxylic acids is 1. The third kappa shape index (κ3) is 3.28. The zero-order valence-corrected chi connectivity index (χ0v) is 16.2. The summed E-state index contributed by atoms with van der Waals surface area (Å²) in [6, 6.07) is 2.22. The van der Waals surface area contributed by atoms with Gasteiger partial charge >= 0.3 is 5.97 Å². The number of esters is 1. The first-order valence-corrected chi connectivity index (χ1v) is 10.3. The number of anilines is 1. The summed E-state index contributed by atoms with van der Waals surface area (Å²) in [5, 5.41) is 0. The third-order valence-corrected chi connectivity index (χ3v) is 5.89. The Morgan fingerprint density at radius 3 is 2.93 bits per heavy atom. The van der Waals surface area contributed by atoms with Crippen LogP contribution in [0, 0.1) is 0 Å². The molecule has 0 amide bonds. The van der Waals surface area contributed by atoms with Crippen molar-refractivity contribution >= 4 is 11.7 Å². The molecule has 1 saturated carbocycles. The van der Waals surface area contributed by atoms with Crippen LogP contribution in [0.2, 0.25) is 0 Å². The lowest BCUT2D eigenvalue weighted by atomic mass is 10.2. The van der Waals surface area contributed by atoms with E-state index in [1.54, 1.807) is 0 Å². The summed E-state index contributed by atoms with van der Waals surface area (Å²) in [5.74, 6) is 0.219. The van der Waals surface area contributed by atoms with Gasteiger partial charge in [-0.15, -0.1) is 0 Å². The van der Waals surface area contributed by atoms with Crippen LogP contribution in [-0.4, -0.2) is 52.4 Å². The van der Waals surface area contributed by atoms with Crippen LogP contribution < -0.4 is 4.90 Å². The standard InChI is InChI=1S/C21H26N4O3/c1-2-3-6-27-21(26)17-8-19(24-11-18(23-13-24)14-4-5-14)20(9-22-17)25-10-16-7-15(25)12-28-16/h8-9,11,13-16H,2-7,10,12H2,1H3/t15-,16-/m1/s1. The smallest absolute Gasteiger partial charge is 0.356 e. The Balaban J connectivity index is 1.48. The zero-order valence-electron chi connectivity index (χ0n) is 16.2. The second-order valence-electron chi connectivity index (χ2n) is 8.03. The number of ether oxygens (including phenoxy) is 2. The van der Waals surface area contributed by atoms with Gasteiger partial charge in [-0.2, -0.15) is 0 Å². The summed E-state index contributed by atoms with van der Waals surface area (Å²) in [6.45, 7) is 4.12. The Hall–Kier alpha value is -2.41. The van der Waals surface area contributed by atoms with E-state index < -0.39 is 0 Å². The first-order valence-electron chi connectivity index (χ1n) is 10.3. The van der Waals surface area contributed by atoms with E-state index >= 15 is 0 Å². The van der Waals surface area contributed by atoms with E-state index in [-0.39, 0.29) is 5.97 Å². The van der Waals surface area contributed by atoms with Gasteiger partial charge in [0.1, 0.15) is 0 Å². The van der Waals surface area contributed by atoms with Gasteiger partial charge in [-0.1, -0.05) is 13.3 Å². The lowest BCUT2D eigenvalue weighted by Crippen LogP contribution is -2.37. The molecule has 4 heterocycles. The van der Waals surface area contributed by atoms with Crippen molar-refractivity contribution in [2.45, 2.75) is 57.1 Å². The minimum absolute atomic E-state index is 0.293. The Morgan fingerprint density at radius 2 is 2.21 bits per heavy atom. The van der Waals surface area contributed by atoms with Crippen LogP contribution in [0.3, 0.4) is 0 Å². The van der Waals surface area contributed by atoms with Crippen molar-refractivity contribution in [3.05, 3.63) is 36.2 Å². The van der Waals surface area contributed by atoms with Gasteiger partial charge in [-0.25, -0.2) is 14.8 Å². The molecule has 3 aliphatic rings. The second-order valence-corrected chi connectivity index (χ2v) is 8.03. The van der Waals surface area contributed by atoms with Crippen LogP contribution in [0.5, 0.6) is 0 Å². The molecule has 5 rings (SSSR count). The van der Waals surface area contributed by atoms with E-state index in [0.717, 1.165) is 49.5 Å². The van der Waals surface area contributed by atoms with E-state index in [1.165, 1.54) is 12.8 Å². The highest BCUT2D eigenvalue weighted by Gasteiger charge is 2.40. The van der Waals surface area contributed by atoms with Crippen molar-refractivity contribution in [1.29, 1.82) is 0 Å². The number of imidazole rings is 1. The second kappa shape index (κ2) is 7.20. The number of hydrogen-bond acceptors (Lipinski definition) is 6. The number of morpholine rings is 1. The largest absolute Gasteiger partial charge is 0.461 e. The molecule has 28 heavy (non-hydrogen) atoms. The molecule has 0 spiro atoms. The Labute approximate surface area is 164 Å². The average Bonchev–Trinajstić information content (AvgIpc) is 3.13. The monoisotopic (exact) mass is 382 g/mol. The summed E-state index contributed by atoms with van der Waals surface area (Å²) >= 11 is 0. The van der Waals surface area contributed by atoms with Crippen molar-refractivity contribution in [2.75, 3.05) is 24.7 Å². The molecular formula is C21H26N4O3. The SMILES string of the molecule is CCCCOC(=O)c1cc(-n2cnc(C3CC3)c2)c(N2C[C@H]3C[C@@H]2CO3)cn1. The molecule has 7 nitrogen and oxygen atoms in total. The molecule has 3 fully saturated rings. The van der Waals surface area contributed by atoms with Crippen molar-refractivity contribution in [3.8, 4) is 5.69 Å². The molecule has 2 saturated heterocycles. The van der Waals surface area contributed by atoms with Crippen LogP contribution in [0.1, 0.15) is 61.1 Å². The fourth-order valence-corrected chi connectivity index (χ4v) is 4.11. The van der Waals surface area contributed by atoms with Gasteiger partial charge in [0.25, 0.3) is 0 Å². The summed E-state index contributed by atoms with van der Waals surface area (Å²) in [5.41, 5.74) is 3.43. The van der Waals surface area contributed by atoms with Gasteiger partial charge in [0.15, 0.2) is 5.69 Å². The van der Waals surface area contributed by atoms with Crippen molar-refractivity contribution in [2.24, 2.45) is 0 Å². The molecule has 2 aliphatic heterocycles. The van der Waals surface area contributed by atoms with Crippen LogP contribution in [0.4, 0.5) is 5.69 Å². The number of aromatic nitrogens is 3. The predicted octanol–water partition coefficient (Wildman–Crippen LogP) is 3.08. The van der Waals surface area contributed by atoms with E-state index in [4.69, 9.17) is 9.47 Å². The van der Waals surface area contributed by atoms with E-state index in [1.807, 2.05) is 23.2 Å². The minimum atomic E-state index is -0.366. The number of carbonyl (C=O) groups is 1. The first kappa shape index (κ1) is 17.7. The summed E-state index contributed by atoms with van der Waals surface area (Å²) < 4.78 is 13.2. The summed E-state index contributed by atoms with van der Waals surface area (Å²) in [4.78, 5) is 23.8. The number of hydrogen-bond donors (Lipinski definition) is 0. The lowest BCUT2D eigenvalue weighted by Gasteiger charge is -2.30. The van der Waals surface area contributed by atoms with Gasteiger partial charge in [0, 0.05) is 18.7 Å². The molecule has 2 aromatic rings. The van der Waals surface area contributed by atoms with Crippen LogP contribution in [0.25, 0.3) is 5.69 Å². The molecule has 0 radical (unpaired) electrons. The molecule has 7 heteroatoms. The Bertz CT molecular complexity index is 876. The molecular weight excluding hydrogens is 356 g/mol. The number of rotatable bonds is 7. The zero-order chi connectivity index (χ0) is 19.1. The maximum atomic E-state index is 12.4. The minimum Gasteiger partial charge on any atom is -0.461 e. The topological polar surface area (TPSA) is 69.5 Å². The van der Waals surface area contributed by atoms with Crippen LogP contribution in [-0.2, 0) is 9.47 Å². The van der Waals surface area contributed by atoms with Crippen LogP contribution in [0.15, 0.2) is 24.8 Å². The molecule has 2 bridgehead atoms. The molecule has 0 aromatic carbocycles. The number of fused-ring (bicyclic) bond motifs is 2. The molecule has 0 N–H and O–H groups in total. The normalized spacial score (nSPS) is 23.4. The molecule has 148 valence electrons. The van der Waals surface area contributed by atoms with Gasteiger partial charge in [-0.05, 0) is 31.7 Å². The fraction of sp³-hybridized carbons (Fsp3) is 0.571. The van der Waals surface area contributed by atoms with Crippen molar-refractivity contribution in [1.82, 2.24) is 14.5 Å². The molecule has 0 unspecified atom stereocenters. The third-order valence-electron chi connectivity index (χ3n) is 5.89. The Morgan fingerprint density at radius 1 is 1.32 bits per heavy atom. The van der Waals surface area contributed by atoms with Gasteiger partial charge < -0.3 is 18.9 Å².